The van der Waals surface area contributed by atoms with Crippen molar-refractivity contribution in [2.75, 3.05) is 14.2 Å². The highest BCUT2D eigenvalue weighted by Crippen LogP contribution is 2.33. The summed E-state index contributed by atoms with van der Waals surface area (Å²) in [4.78, 5) is 11.2. The Balaban J connectivity index is 0.000000527. The summed E-state index contributed by atoms with van der Waals surface area (Å²) in [5.74, 6) is 0.270. The number of phenolic OH excluding ortho intramolecular Hbond substituents is 1. The van der Waals surface area contributed by atoms with Gasteiger partial charge in [-0.05, 0) is 41.9 Å². The van der Waals surface area contributed by atoms with Crippen molar-refractivity contribution in [3.05, 3.63) is 72.3 Å². The van der Waals surface area contributed by atoms with Gasteiger partial charge in [0.25, 0.3) is 0 Å². The fourth-order valence-corrected chi connectivity index (χ4v) is 2.43. The minimum Gasteiger partial charge on any atom is -0.508 e. The van der Waals surface area contributed by atoms with Crippen molar-refractivity contribution in [2.45, 2.75) is 25.8 Å². The molecule has 0 radical (unpaired) electrons. The van der Waals surface area contributed by atoms with Gasteiger partial charge in [-0.25, -0.2) is 4.79 Å². The van der Waals surface area contributed by atoms with E-state index in [0.29, 0.717) is 5.75 Å². The summed E-state index contributed by atoms with van der Waals surface area (Å²) >= 11 is 0. The summed E-state index contributed by atoms with van der Waals surface area (Å²) in [6.07, 6.45) is 1.13. The molecule has 6 heteroatoms. The van der Waals surface area contributed by atoms with Gasteiger partial charge in [-0.3, -0.25) is 0 Å². The topological polar surface area (TPSA) is 65.0 Å². The zero-order valence-corrected chi connectivity index (χ0v) is 17.7. The first kappa shape index (κ1) is 22.6. The lowest BCUT2D eigenvalue weighted by molar-refractivity contribution is -0.128. The lowest BCUT2D eigenvalue weighted by Gasteiger charge is -2.26. The average Bonchev–Trinajstić information content (AvgIpc) is 2.68. The monoisotopic (exact) mass is 388 g/mol. The Morgan fingerprint density at radius 3 is 1.81 bits per heavy atom. The summed E-state index contributed by atoms with van der Waals surface area (Å²) < 4.78 is 14.7. The molecule has 0 spiro atoms. The van der Waals surface area contributed by atoms with E-state index in [1.807, 2.05) is 30.8 Å². The molecule has 0 saturated carbocycles. The van der Waals surface area contributed by atoms with E-state index in [1.165, 1.54) is 0 Å². The first-order chi connectivity index (χ1) is 12.7. The second-order valence-corrected chi connectivity index (χ2v) is 8.44. The van der Waals surface area contributed by atoms with Crippen molar-refractivity contribution in [3.8, 4) is 11.5 Å². The van der Waals surface area contributed by atoms with Crippen LogP contribution in [-0.4, -0.2) is 34.6 Å². The molecule has 0 saturated heterocycles. The molecule has 0 heterocycles. The first-order valence-corrected chi connectivity index (χ1v) is 10.6. The predicted octanol–water partition coefficient (Wildman–Crippen LogP) is 3.94. The molecule has 2 rings (SSSR count). The van der Waals surface area contributed by atoms with Gasteiger partial charge in [0.1, 0.15) is 11.5 Å². The zero-order chi connectivity index (χ0) is 20.4. The summed E-state index contributed by atoms with van der Waals surface area (Å²) in [5.41, 5.74) is 1.97. The molecule has 0 aliphatic heterocycles. The lowest BCUT2D eigenvalue weighted by Crippen LogP contribution is -2.18. The van der Waals surface area contributed by atoms with Crippen molar-refractivity contribution in [1.29, 1.82) is 0 Å². The second-order valence-electron chi connectivity index (χ2n) is 6.36. The molecule has 5 nitrogen and oxygen atoms in total. The molecule has 146 valence electrons. The van der Waals surface area contributed by atoms with E-state index in [0.717, 1.165) is 17.2 Å². The fraction of sp³-hybridized carbons (Fsp3) is 0.286. The van der Waals surface area contributed by atoms with Crippen LogP contribution in [0.5, 0.6) is 11.5 Å². The van der Waals surface area contributed by atoms with Crippen molar-refractivity contribution in [1.82, 2.24) is 0 Å². The number of ether oxygens (including phenoxy) is 1. The van der Waals surface area contributed by atoms with E-state index >= 15 is 0 Å². The third-order valence-corrected chi connectivity index (χ3v) is 5.54. The quantitative estimate of drug-likeness (QED) is 0.351. The molecular formula is C21H28O5Si. The van der Waals surface area contributed by atoms with Crippen LogP contribution >= 0.6 is 0 Å². The molecule has 2 aromatic carbocycles. The number of aromatic hydroxyl groups is 1. The SMILES string of the molecule is C=CC(=O)Oc1ccc(C(C)(C)c2ccc(O)cc2)cc1.CO[SiH](C)OC. The molecule has 1 N–H and O–H groups in total. The zero-order valence-electron chi connectivity index (χ0n) is 16.6. The van der Waals surface area contributed by atoms with Gasteiger partial charge in [0.15, 0.2) is 0 Å². The number of phenols is 1. The Kier molecular flexibility index (Phi) is 8.94. The molecule has 0 amide bonds. The number of hydrogen-bond donors (Lipinski definition) is 1. The maximum absolute atomic E-state index is 11.2. The molecular weight excluding hydrogens is 360 g/mol. The van der Waals surface area contributed by atoms with Crippen LogP contribution in [0.3, 0.4) is 0 Å². The Morgan fingerprint density at radius 2 is 1.44 bits per heavy atom. The molecule has 27 heavy (non-hydrogen) atoms. The first-order valence-electron chi connectivity index (χ1n) is 8.54. The Morgan fingerprint density at radius 1 is 1.00 bits per heavy atom. The standard InChI is InChI=1S/C18H18O3.C3H10O2Si/c1-4-17(20)21-16-11-7-14(8-12-16)18(2,3)13-5-9-15(19)10-6-13;1-4-6(3)5-2/h4-12,19H,1H2,2-3H3;6H,1-3H3. The Labute approximate surface area is 163 Å². The van der Waals surface area contributed by atoms with Crippen molar-refractivity contribution in [3.63, 3.8) is 0 Å². The molecule has 0 aromatic heterocycles. The van der Waals surface area contributed by atoms with Gasteiger partial charge >= 0.3 is 15.3 Å². The normalized spacial score (nSPS) is 10.7. The number of benzene rings is 2. The van der Waals surface area contributed by atoms with Crippen molar-refractivity contribution in [2.24, 2.45) is 0 Å². The third kappa shape index (κ3) is 7.01. The van der Waals surface area contributed by atoms with Gasteiger partial charge in [-0.1, -0.05) is 44.7 Å². The highest BCUT2D eigenvalue weighted by atomic mass is 28.3. The summed E-state index contributed by atoms with van der Waals surface area (Å²) in [7, 11) is 2.17. The van der Waals surface area contributed by atoms with E-state index in [4.69, 9.17) is 13.6 Å². The van der Waals surface area contributed by atoms with Gasteiger partial charge in [-0.15, -0.1) is 0 Å². The number of rotatable bonds is 6. The third-order valence-electron chi connectivity index (χ3n) is 4.21. The molecule has 2 aromatic rings. The molecule has 0 aliphatic carbocycles. The van der Waals surface area contributed by atoms with Crippen LogP contribution in [-0.2, 0) is 19.1 Å². The van der Waals surface area contributed by atoms with Crippen molar-refractivity contribution < 1.29 is 23.5 Å². The molecule has 0 unspecified atom stereocenters. The highest BCUT2D eigenvalue weighted by molar-refractivity contribution is 6.42. The van der Waals surface area contributed by atoms with Crippen LogP contribution in [0, 0.1) is 0 Å². The van der Waals surface area contributed by atoms with E-state index < -0.39 is 15.3 Å². The number of carbonyl (C=O) groups excluding carboxylic acids is 1. The van der Waals surface area contributed by atoms with Crippen LogP contribution < -0.4 is 4.74 Å². The maximum atomic E-state index is 11.2. The van der Waals surface area contributed by atoms with Crippen LogP contribution in [0.2, 0.25) is 6.55 Å². The minimum absolute atomic E-state index is 0.214. The number of carbonyl (C=O) groups is 1. The largest absolute Gasteiger partial charge is 0.508 e. The van der Waals surface area contributed by atoms with Gasteiger partial charge in [0.05, 0.1) is 0 Å². The summed E-state index contributed by atoms with van der Waals surface area (Å²) in [6, 6.07) is 14.5. The van der Waals surface area contributed by atoms with E-state index in [1.54, 1.807) is 38.5 Å². The molecule has 0 aliphatic rings. The Bertz CT molecular complexity index is 719. The Hall–Kier alpha value is -2.41. The maximum Gasteiger partial charge on any atom is 0.335 e. The summed E-state index contributed by atoms with van der Waals surface area (Å²) in [6.45, 7) is 9.54. The smallest absolute Gasteiger partial charge is 0.335 e. The average molecular weight is 389 g/mol. The van der Waals surface area contributed by atoms with E-state index in [9.17, 15) is 9.90 Å². The number of hydrogen-bond acceptors (Lipinski definition) is 5. The van der Waals surface area contributed by atoms with Crippen LogP contribution in [0.25, 0.3) is 0 Å². The van der Waals surface area contributed by atoms with E-state index in [2.05, 4.69) is 20.4 Å². The molecule has 0 bridgehead atoms. The second kappa shape index (κ2) is 10.7. The van der Waals surface area contributed by atoms with Gasteiger partial charge in [0.2, 0.25) is 0 Å². The predicted molar refractivity (Wildman–Crippen MR) is 110 cm³/mol. The number of esters is 1. The van der Waals surface area contributed by atoms with Crippen LogP contribution in [0.1, 0.15) is 25.0 Å². The molecule has 0 fully saturated rings. The van der Waals surface area contributed by atoms with Gasteiger partial charge < -0.3 is 18.7 Å². The van der Waals surface area contributed by atoms with Crippen LogP contribution in [0.4, 0.5) is 0 Å². The lowest BCUT2D eigenvalue weighted by atomic mass is 9.78. The van der Waals surface area contributed by atoms with Crippen LogP contribution in [0.15, 0.2) is 61.2 Å². The van der Waals surface area contributed by atoms with Gasteiger partial charge in [-0.2, -0.15) is 0 Å². The highest BCUT2D eigenvalue weighted by Gasteiger charge is 2.23. The van der Waals surface area contributed by atoms with E-state index in [-0.39, 0.29) is 11.2 Å². The molecule has 0 atom stereocenters. The summed E-state index contributed by atoms with van der Waals surface area (Å²) in [5, 5.41) is 9.38. The van der Waals surface area contributed by atoms with Gasteiger partial charge in [0, 0.05) is 25.7 Å². The minimum atomic E-state index is -1.16. The van der Waals surface area contributed by atoms with Crippen molar-refractivity contribution >= 4 is 15.3 Å². The fourth-order valence-electron chi connectivity index (χ4n) is 2.24.